The lowest BCUT2D eigenvalue weighted by Gasteiger charge is -2.12. The van der Waals surface area contributed by atoms with Crippen LogP contribution in [0.2, 0.25) is 0 Å². The quantitative estimate of drug-likeness (QED) is 0.169. The third kappa shape index (κ3) is 4.88. The monoisotopic (exact) mass is 731 g/mol. The number of hydrogen-bond donors (Lipinski definition) is 0. The first-order valence-electron chi connectivity index (χ1n) is 18.8. The van der Waals surface area contributed by atoms with Gasteiger partial charge in [0.2, 0.25) is 0 Å². The number of nitrogens with zero attached hydrogens (tertiary/aromatic N) is 3. The van der Waals surface area contributed by atoms with Crippen LogP contribution in [0.25, 0.3) is 120 Å². The Morgan fingerprint density at radius 1 is 0.339 bits per heavy atom. The summed E-state index contributed by atoms with van der Waals surface area (Å²) in [7, 11) is 0. The number of para-hydroxylation sites is 1. The minimum Gasteiger partial charge on any atom is -0.456 e. The van der Waals surface area contributed by atoms with Crippen molar-refractivity contribution in [2.45, 2.75) is 0 Å². The molecular weight excluding hydrogens is 703 g/mol. The van der Waals surface area contributed by atoms with E-state index in [1.807, 2.05) is 47.7 Å². The van der Waals surface area contributed by atoms with E-state index in [0.29, 0.717) is 17.5 Å². The molecule has 0 unspecified atom stereocenters. The van der Waals surface area contributed by atoms with E-state index >= 15 is 0 Å². The summed E-state index contributed by atoms with van der Waals surface area (Å²) in [5, 5.41) is 12.0. The highest BCUT2D eigenvalue weighted by Crippen LogP contribution is 2.41. The maximum Gasteiger partial charge on any atom is 0.164 e. The molecule has 0 spiro atoms. The Hall–Kier alpha value is -7.21. The fourth-order valence-corrected chi connectivity index (χ4v) is 9.57. The second-order valence-electron chi connectivity index (χ2n) is 14.4. The van der Waals surface area contributed by atoms with Crippen molar-refractivity contribution in [1.82, 2.24) is 15.0 Å². The Labute approximate surface area is 325 Å². The van der Waals surface area contributed by atoms with Crippen LogP contribution in [-0.4, -0.2) is 15.0 Å². The van der Waals surface area contributed by atoms with Gasteiger partial charge in [-0.15, -0.1) is 11.3 Å². The van der Waals surface area contributed by atoms with Crippen molar-refractivity contribution in [1.29, 1.82) is 0 Å². The average molecular weight is 732 g/mol. The summed E-state index contributed by atoms with van der Waals surface area (Å²) in [5.41, 5.74) is 6.63. The zero-order chi connectivity index (χ0) is 36.7. The highest BCUT2D eigenvalue weighted by atomic mass is 32.1. The standard InChI is InChI=1S/C51H29N3OS/c1-2-10-30(11-3-1)32-12-8-13-35(26-32)49-52-50(54-51(53-49)40-16-9-18-44-48(40)39-15-4-6-17-43(39)55-44)36-24-25-37-33(27-36)22-20-31-21-23-34-28-46-42(29-41(34)47(31)37)38-14-5-7-19-45(38)56-46/h1-29H. The Morgan fingerprint density at radius 2 is 1.00 bits per heavy atom. The summed E-state index contributed by atoms with van der Waals surface area (Å²) in [4.78, 5) is 15.6. The highest BCUT2D eigenvalue weighted by Gasteiger charge is 2.19. The number of aromatic nitrogens is 3. The first-order chi connectivity index (χ1) is 27.7. The third-order valence-electron chi connectivity index (χ3n) is 11.1. The van der Waals surface area contributed by atoms with Crippen molar-refractivity contribution in [3.05, 3.63) is 176 Å². The predicted molar refractivity (Wildman–Crippen MR) is 234 cm³/mol. The number of rotatable bonds is 4. The van der Waals surface area contributed by atoms with Gasteiger partial charge >= 0.3 is 0 Å². The van der Waals surface area contributed by atoms with Crippen LogP contribution in [-0.2, 0) is 0 Å². The van der Waals surface area contributed by atoms with Gasteiger partial charge in [0.25, 0.3) is 0 Å². The maximum atomic E-state index is 6.29. The Bertz CT molecular complexity index is 3550. The van der Waals surface area contributed by atoms with Crippen LogP contribution in [0.5, 0.6) is 0 Å². The van der Waals surface area contributed by atoms with Crippen molar-refractivity contribution in [2.24, 2.45) is 0 Å². The second kappa shape index (κ2) is 12.2. The smallest absolute Gasteiger partial charge is 0.164 e. The van der Waals surface area contributed by atoms with Gasteiger partial charge in [-0.3, -0.25) is 0 Å². The molecule has 0 aliphatic heterocycles. The number of benzene rings is 9. The first-order valence-corrected chi connectivity index (χ1v) is 19.6. The van der Waals surface area contributed by atoms with Gasteiger partial charge in [0.1, 0.15) is 11.2 Å². The molecule has 12 rings (SSSR count). The van der Waals surface area contributed by atoms with Crippen LogP contribution < -0.4 is 0 Å². The van der Waals surface area contributed by atoms with E-state index in [0.717, 1.165) is 55.1 Å². The van der Waals surface area contributed by atoms with Crippen molar-refractivity contribution in [2.75, 3.05) is 0 Å². The molecule has 0 saturated carbocycles. The molecule has 5 heteroatoms. The summed E-state index contributed by atoms with van der Waals surface area (Å²) >= 11 is 1.86. The maximum absolute atomic E-state index is 6.29. The van der Waals surface area contributed by atoms with E-state index in [4.69, 9.17) is 19.4 Å². The molecule has 0 radical (unpaired) electrons. The Balaban J connectivity index is 1.08. The van der Waals surface area contributed by atoms with E-state index in [-0.39, 0.29) is 0 Å². The van der Waals surface area contributed by atoms with Gasteiger partial charge in [-0.05, 0) is 85.9 Å². The highest BCUT2D eigenvalue weighted by molar-refractivity contribution is 7.25. The van der Waals surface area contributed by atoms with Crippen molar-refractivity contribution in [3.8, 4) is 45.3 Å². The van der Waals surface area contributed by atoms with Crippen molar-refractivity contribution in [3.63, 3.8) is 0 Å². The molecule has 260 valence electrons. The Kier molecular flexibility index (Phi) is 6.76. The molecular formula is C51H29N3OS. The zero-order valence-electron chi connectivity index (χ0n) is 29.9. The van der Waals surface area contributed by atoms with E-state index in [9.17, 15) is 0 Å². The van der Waals surface area contributed by atoms with Crippen molar-refractivity contribution < 1.29 is 4.42 Å². The van der Waals surface area contributed by atoms with Crippen molar-refractivity contribution >= 4 is 85.8 Å². The van der Waals surface area contributed by atoms with E-state index < -0.39 is 0 Å². The van der Waals surface area contributed by atoms with Crippen LogP contribution >= 0.6 is 11.3 Å². The number of hydrogen-bond acceptors (Lipinski definition) is 5. The molecule has 3 aromatic heterocycles. The van der Waals surface area contributed by atoms with Gasteiger partial charge in [0.05, 0.1) is 0 Å². The van der Waals surface area contributed by atoms with Gasteiger partial charge in [-0.25, -0.2) is 15.0 Å². The topological polar surface area (TPSA) is 51.8 Å². The summed E-state index contributed by atoms with van der Waals surface area (Å²) in [6.07, 6.45) is 0. The molecule has 3 heterocycles. The van der Waals surface area contributed by atoms with E-state index in [1.165, 1.54) is 47.1 Å². The molecule has 0 saturated heterocycles. The zero-order valence-corrected chi connectivity index (χ0v) is 30.7. The van der Waals surface area contributed by atoms with Crippen LogP contribution in [0.1, 0.15) is 0 Å². The summed E-state index contributed by atoms with van der Waals surface area (Å²) in [5.74, 6) is 1.83. The molecule has 0 aliphatic carbocycles. The molecule has 56 heavy (non-hydrogen) atoms. The van der Waals surface area contributed by atoms with Gasteiger partial charge in [0, 0.05) is 47.6 Å². The normalized spacial score (nSPS) is 11.9. The fourth-order valence-electron chi connectivity index (χ4n) is 8.43. The van der Waals surface area contributed by atoms with Crippen LogP contribution in [0.4, 0.5) is 0 Å². The minimum absolute atomic E-state index is 0.601. The van der Waals surface area contributed by atoms with Crippen LogP contribution in [0.3, 0.4) is 0 Å². The minimum atomic E-state index is 0.601. The van der Waals surface area contributed by atoms with Gasteiger partial charge in [-0.2, -0.15) is 0 Å². The van der Waals surface area contributed by atoms with Crippen LogP contribution in [0.15, 0.2) is 180 Å². The summed E-state index contributed by atoms with van der Waals surface area (Å²) in [6, 6.07) is 62.2. The number of thiophene rings is 1. The molecule has 0 N–H and O–H groups in total. The van der Waals surface area contributed by atoms with Crippen LogP contribution in [0, 0.1) is 0 Å². The second-order valence-corrected chi connectivity index (χ2v) is 15.4. The van der Waals surface area contributed by atoms with E-state index in [2.05, 4.69) is 140 Å². The largest absolute Gasteiger partial charge is 0.456 e. The molecule has 12 aromatic rings. The molecule has 4 nitrogen and oxygen atoms in total. The molecule has 9 aromatic carbocycles. The van der Waals surface area contributed by atoms with Gasteiger partial charge < -0.3 is 4.42 Å². The summed E-state index contributed by atoms with van der Waals surface area (Å²) in [6.45, 7) is 0. The van der Waals surface area contributed by atoms with E-state index in [1.54, 1.807) is 0 Å². The lowest BCUT2D eigenvalue weighted by atomic mass is 9.94. The lowest BCUT2D eigenvalue weighted by Crippen LogP contribution is -2.00. The molecule has 0 atom stereocenters. The van der Waals surface area contributed by atoms with Gasteiger partial charge in [-0.1, -0.05) is 133 Å². The SMILES string of the molecule is c1ccc(-c2cccc(-c3nc(-c4ccc5c(ccc6ccc7cc8sc9ccccc9c8cc7c65)c4)nc(-c4cccc5oc6ccccc6c45)n3)c2)cc1. The fraction of sp³-hybridized carbons (Fsp3) is 0. The number of furan rings is 1. The van der Waals surface area contributed by atoms with Gasteiger partial charge in [0.15, 0.2) is 17.5 Å². The third-order valence-corrected chi connectivity index (χ3v) is 12.2. The molecule has 0 bridgehead atoms. The molecule has 0 aliphatic rings. The molecule has 0 fully saturated rings. The average Bonchev–Trinajstić information content (AvgIpc) is 3.83. The lowest BCUT2D eigenvalue weighted by molar-refractivity contribution is 0.669. The first kappa shape index (κ1) is 31.2. The number of fused-ring (bicyclic) bond motifs is 11. The summed E-state index contributed by atoms with van der Waals surface area (Å²) < 4.78 is 8.92. The predicted octanol–water partition coefficient (Wildman–Crippen LogP) is 14.3. The Morgan fingerprint density at radius 3 is 1.88 bits per heavy atom. The molecule has 0 amide bonds.